The highest BCUT2D eigenvalue weighted by atomic mass is 16.5. The molecule has 8 heteroatoms. The third-order valence-corrected chi connectivity index (χ3v) is 3.89. The fourth-order valence-electron chi connectivity index (χ4n) is 2.62. The van der Waals surface area contributed by atoms with Crippen LogP contribution in [0.15, 0.2) is 42.2 Å². The topological polar surface area (TPSA) is 140 Å². The van der Waals surface area contributed by atoms with Crippen LogP contribution in [-0.4, -0.2) is 43.5 Å². The van der Waals surface area contributed by atoms with Gasteiger partial charge in [-0.1, -0.05) is 26.3 Å². The van der Waals surface area contributed by atoms with Gasteiger partial charge in [-0.3, -0.25) is 10.5 Å². The quantitative estimate of drug-likeness (QED) is 0.365. The van der Waals surface area contributed by atoms with Crippen molar-refractivity contribution in [2.24, 2.45) is 17.2 Å². The van der Waals surface area contributed by atoms with Crippen LogP contribution in [0.3, 0.4) is 0 Å². The van der Waals surface area contributed by atoms with Crippen molar-refractivity contribution in [2.75, 3.05) is 25.1 Å². The summed E-state index contributed by atoms with van der Waals surface area (Å²) in [5.74, 6) is 0.392. The number of carbonyl (C=O) groups excluding carboxylic acids is 1. The van der Waals surface area contributed by atoms with Crippen LogP contribution in [0, 0.1) is 0 Å². The summed E-state index contributed by atoms with van der Waals surface area (Å²) in [7, 11) is 1.82. The predicted octanol–water partition coefficient (Wildman–Crippen LogP) is 0.551. The van der Waals surface area contributed by atoms with Gasteiger partial charge in [-0.2, -0.15) is 0 Å². The van der Waals surface area contributed by atoms with Crippen LogP contribution >= 0.6 is 0 Å². The summed E-state index contributed by atoms with van der Waals surface area (Å²) in [6.45, 7) is 4.32. The van der Waals surface area contributed by atoms with E-state index in [-0.39, 0.29) is 25.1 Å². The van der Waals surface area contributed by atoms with Crippen molar-refractivity contribution in [1.82, 2.24) is 5.32 Å². The van der Waals surface area contributed by atoms with Crippen LogP contribution in [0.2, 0.25) is 0 Å². The fraction of sp³-hybridized carbons (Fsp3) is 0.450. The molecule has 0 aliphatic carbocycles. The van der Waals surface area contributed by atoms with Gasteiger partial charge in [-0.25, -0.2) is 0 Å². The van der Waals surface area contributed by atoms with Gasteiger partial charge in [0.1, 0.15) is 5.75 Å². The van der Waals surface area contributed by atoms with Gasteiger partial charge in [-0.05, 0) is 36.4 Å². The Balaban J connectivity index is 0.00000122. The number of fused-ring (bicyclic) bond motifs is 1. The van der Waals surface area contributed by atoms with Crippen molar-refractivity contribution in [2.45, 2.75) is 39.0 Å². The monoisotopic (exact) mass is 391 g/mol. The molecule has 1 aromatic rings. The summed E-state index contributed by atoms with van der Waals surface area (Å²) in [6, 6.07) is 5.19. The molecule has 0 aromatic heterocycles. The molecule has 0 saturated heterocycles. The molecule has 0 saturated carbocycles. The maximum Gasteiger partial charge on any atom is 0.239 e. The molecule has 0 spiro atoms. The number of hydrogen-bond acceptors (Lipinski definition) is 7. The Hall–Kier alpha value is -2.71. The van der Waals surface area contributed by atoms with Crippen LogP contribution in [0.25, 0.3) is 0 Å². The largest absolute Gasteiger partial charge is 0.470 e. The molecular weight excluding hydrogens is 358 g/mol. The van der Waals surface area contributed by atoms with Gasteiger partial charge in [0.05, 0.1) is 24.9 Å². The summed E-state index contributed by atoms with van der Waals surface area (Å²) in [6.07, 6.45) is 5.45. The van der Waals surface area contributed by atoms with Crippen LogP contribution in [0.5, 0.6) is 5.75 Å². The van der Waals surface area contributed by atoms with E-state index >= 15 is 0 Å². The lowest BCUT2D eigenvalue weighted by atomic mass is 10.0. The highest BCUT2D eigenvalue weighted by Crippen LogP contribution is 2.28. The zero-order chi connectivity index (χ0) is 21.1. The lowest BCUT2D eigenvalue weighted by Crippen LogP contribution is -2.46. The van der Waals surface area contributed by atoms with E-state index in [4.69, 9.17) is 21.9 Å². The lowest BCUT2D eigenvalue weighted by molar-refractivity contribution is -0.120. The van der Waals surface area contributed by atoms with Crippen molar-refractivity contribution in [3.8, 4) is 5.75 Å². The summed E-state index contributed by atoms with van der Waals surface area (Å²) in [5, 5.41) is 12.2. The molecule has 156 valence electrons. The van der Waals surface area contributed by atoms with Crippen molar-refractivity contribution in [3.63, 3.8) is 0 Å². The molecule has 1 aliphatic rings. The molecule has 8 N–H and O–H groups in total. The minimum absolute atomic E-state index is 0.117. The van der Waals surface area contributed by atoms with Gasteiger partial charge >= 0.3 is 0 Å². The average Bonchev–Trinajstić information content (AvgIpc) is 2.65. The number of benzene rings is 1. The molecule has 0 radical (unpaired) electrons. The first-order chi connectivity index (χ1) is 13.4. The standard InChI is InChI=1S/C17H25N5O3.C3H8/c1-22-9-16(24)21-12(10-23)7-11-4-5-13(8-15(11)22)25-17(20)14(19)3-2-6-18;1-3-2/h2-6,8,12,17,23H,7,9-10,18-20H2,1H3,(H,21,24);3H2,1-2H3/b6-2-,14-3-;. The molecule has 2 rings (SSSR count). The highest BCUT2D eigenvalue weighted by Gasteiger charge is 2.22. The third kappa shape index (κ3) is 7.13. The van der Waals surface area contributed by atoms with Crippen molar-refractivity contribution >= 4 is 11.6 Å². The summed E-state index contributed by atoms with van der Waals surface area (Å²) in [5.41, 5.74) is 19.2. The number of aliphatic hydroxyl groups is 1. The Morgan fingerprint density at radius 3 is 2.75 bits per heavy atom. The summed E-state index contributed by atoms with van der Waals surface area (Å²) >= 11 is 0. The molecule has 2 unspecified atom stereocenters. The fourth-order valence-corrected chi connectivity index (χ4v) is 2.62. The average molecular weight is 392 g/mol. The second-order valence-corrected chi connectivity index (χ2v) is 6.59. The van der Waals surface area contributed by atoms with E-state index < -0.39 is 6.23 Å². The number of allylic oxidation sites excluding steroid dienone is 2. The summed E-state index contributed by atoms with van der Waals surface area (Å²) in [4.78, 5) is 13.7. The maximum atomic E-state index is 11.9. The first kappa shape index (κ1) is 23.3. The van der Waals surface area contributed by atoms with Crippen LogP contribution < -0.4 is 32.2 Å². The second-order valence-electron chi connectivity index (χ2n) is 6.59. The van der Waals surface area contributed by atoms with E-state index in [0.717, 1.165) is 11.3 Å². The molecule has 0 bridgehead atoms. The van der Waals surface area contributed by atoms with Gasteiger partial charge in [0, 0.05) is 18.8 Å². The molecule has 2 atom stereocenters. The number of carbonyl (C=O) groups is 1. The predicted molar refractivity (Wildman–Crippen MR) is 113 cm³/mol. The zero-order valence-electron chi connectivity index (χ0n) is 16.9. The Morgan fingerprint density at radius 2 is 2.14 bits per heavy atom. The number of anilines is 1. The second kappa shape index (κ2) is 11.9. The van der Waals surface area contributed by atoms with E-state index in [1.54, 1.807) is 18.2 Å². The van der Waals surface area contributed by atoms with Gasteiger partial charge in [0.2, 0.25) is 5.91 Å². The van der Waals surface area contributed by atoms with E-state index in [2.05, 4.69) is 19.2 Å². The Kier molecular flexibility index (Phi) is 9.91. The highest BCUT2D eigenvalue weighted by molar-refractivity contribution is 5.82. The smallest absolute Gasteiger partial charge is 0.239 e. The van der Waals surface area contributed by atoms with Crippen molar-refractivity contribution < 1.29 is 14.6 Å². The van der Waals surface area contributed by atoms with Gasteiger partial charge in [0.15, 0.2) is 6.23 Å². The number of amides is 1. The lowest BCUT2D eigenvalue weighted by Gasteiger charge is -2.29. The molecule has 28 heavy (non-hydrogen) atoms. The van der Waals surface area contributed by atoms with Gasteiger partial charge in [-0.15, -0.1) is 0 Å². The number of likely N-dealkylation sites (N-methyl/N-ethyl adjacent to an activating group) is 1. The van der Waals surface area contributed by atoms with Crippen molar-refractivity contribution in [3.05, 3.63) is 47.8 Å². The molecular formula is C20H33N5O3. The van der Waals surface area contributed by atoms with E-state index in [0.29, 0.717) is 17.9 Å². The third-order valence-electron chi connectivity index (χ3n) is 3.89. The van der Waals surface area contributed by atoms with E-state index in [1.165, 1.54) is 12.6 Å². The Morgan fingerprint density at radius 1 is 1.46 bits per heavy atom. The minimum Gasteiger partial charge on any atom is -0.470 e. The molecule has 1 aromatic carbocycles. The Labute approximate surface area is 167 Å². The number of nitrogens with two attached hydrogens (primary N) is 3. The number of nitrogens with one attached hydrogen (secondary N) is 1. The van der Waals surface area contributed by atoms with Crippen LogP contribution in [0.1, 0.15) is 25.8 Å². The normalized spacial score (nSPS) is 18.3. The SMILES string of the molecule is CCC.CN1CC(=O)NC(CO)Cc2ccc(OC(N)/C(N)=C/C=C\N)cc21. The number of nitrogens with zero attached hydrogens (tertiary/aromatic N) is 1. The molecule has 1 heterocycles. The zero-order valence-corrected chi connectivity index (χ0v) is 16.9. The number of aliphatic hydroxyl groups excluding tert-OH is 1. The maximum absolute atomic E-state index is 11.9. The van der Waals surface area contributed by atoms with Gasteiger partial charge in [0.25, 0.3) is 0 Å². The number of ether oxygens (including phenoxy) is 1. The molecule has 1 amide bonds. The molecule has 1 aliphatic heterocycles. The summed E-state index contributed by atoms with van der Waals surface area (Å²) < 4.78 is 5.67. The first-order valence-electron chi connectivity index (χ1n) is 9.36. The van der Waals surface area contributed by atoms with Gasteiger partial charge < -0.3 is 31.5 Å². The first-order valence-corrected chi connectivity index (χ1v) is 9.36. The molecule has 8 nitrogen and oxygen atoms in total. The van der Waals surface area contributed by atoms with E-state index in [1.807, 2.05) is 24.1 Å². The Bertz CT molecular complexity index is 690. The van der Waals surface area contributed by atoms with Crippen LogP contribution in [0.4, 0.5) is 5.69 Å². The van der Waals surface area contributed by atoms with Crippen molar-refractivity contribution in [1.29, 1.82) is 0 Å². The minimum atomic E-state index is -0.818. The molecule has 0 fully saturated rings. The number of hydrogen-bond donors (Lipinski definition) is 5. The van der Waals surface area contributed by atoms with E-state index in [9.17, 15) is 9.90 Å². The van der Waals surface area contributed by atoms with Crippen LogP contribution in [-0.2, 0) is 11.2 Å². The number of rotatable bonds is 5.